The lowest BCUT2D eigenvalue weighted by molar-refractivity contribution is -0.0953. The molecule has 2 fully saturated rings. The topological polar surface area (TPSA) is 81.0 Å². The fraction of sp³-hybridized carbons (Fsp3) is 0.500. The molecule has 1 atom stereocenters. The van der Waals surface area contributed by atoms with Gasteiger partial charge in [-0.3, -0.25) is 0 Å². The number of likely N-dealkylation sites (N-methyl/N-ethyl adjacent to an activating group) is 2. The van der Waals surface area contributed by atoms with E-state index in [1.807, 2.05) is 19.2 Å². The summed E-state index contributed by atoms with van der Waals surface area (Å²) in [5.41, 5.74) is 2.82. The van der Waals surface area contributed by atoms with Crippen molar-refractivity contribution >= 4 is 33.9 Å². The number of nitriles is 1. The molecular formula is C30H36ClN7O2. The minimum atomic E-state index is -0.406. The zero-order valence-electron chi connectivity index (χ0n) is 23.4. The zero-order chi connectivity index (χ0) is 27.9. The number of ether oxygens (including phenoxy) is 2. The molecule has 9 nitrogen and oxygen atoms in total. The number of rotatable bonds is 8. The number of nitrogens with zero attached hydrogens (tertiary/aromatic N) is 7. The molecule has 0 unspecified atom stereocenters. The van der Waals surface area contributed by atoms with Crippen LogP contribution >= 0.6 is 11.6 Å². The summed E-state index contributed by atoms with van der Waals surface area (Å²) in [5.74, 6) is 0.877. The van der Waals surface area contributed by atoms with Crippen molar-refractivity contribution in [1.29, 1.82) is 5.26 Å². The van der Waals surface area contributed by atoms with Gasteiger partial charge in [-0.05, 0) is 50.4 Å². The molecule has 0 radical (unpaired) electrons. The summed E-state index contributed by atoms with van der Waals surface area (Å²) in [6.45, 7) is 4.90. The number of methoxy groups -OCH3 is 1. The standard InChI is InChI=1S/C30H36ClN7O2/c1-35-13-6-9-22(35)16-40-29-33-25-15-38(26-11-5-8-21-7-4-10-24(31)27(21)26)14-12-23(25)28(34-29)36(2)17-30(39-3)18-37(19-30)20-32/h4-5,7-8,10-11,22H,6,9,12-19H2,1-3H3/t22-/m0/s1. The minimum Gasteiger partial charge on any atom is -0.462 e. The van der Waals surface area contributed by atoms with Gasteiger partial charge in [-0.15, -0.1) is 0 Å². The Morgan fingerprint density at radius 3 is 2.70 bits per heavy atom. The second kappa shape index (κ2) is 10.9. The molecule has 0 aliphatic carbocycles. The lowest BCUT2D eigenvalue weighted by Gasteiger charge is -2.48. The molecule has 4 heterocycles. The maximum absolute atomic E-state index is 9.28. The average molecular weight is 562 g/mol. The van der Waals surface area contributed by atoms with Gasteiger partial charge in [0.05, 0.1) is 36.9 Å². The molecule has 0 saturated carbocycles. The fourth-order valence-electron chi connectivity index (χ4n) is 6.40. The van der Waals surface area contributed by atoms with Gasteiger partial charge in [-0.2, -0.15) is 15.2 Å². The summed E-state index contributed by atoms with van der Waals surface area (Å²) in [7, 11) is 5.91. The highest BCUT2D eigenvalue weighted by atomic mass is 35.5. The zero-order valence-corrected chi connectivity index (χ0v) is 24.2. The van der Waals surface area contributed by atoms with Crippen LogP contribution in [0.4, 0.5) is 11.5 Å². The quantitative estimate of drug-likeness (QED) is 0.380. The number of hydrogen-bond acceptors (Lipinski definition) is 9. The van der Waals surface area contributed by atoms with Crippen LogP contribution in [0.3, 0.4) is 0 Å². The van der Waals surface area contributed by atoms with Crippen molar-refractivity contribution in [3.63, 3.8) is 0 Å². The van der Waals surface area contributed by atoms with Crippen molar-refractivity contribution in [2.24, 2.45) is 0 Å². The number of benzene rings is 2. The first-order valence-corrected chi connectivity index (χ1v) is 14.3. The van der Waals surface area contributed by atoms with Gasteiger partial charge >= 0.3 is 6.01 Å². The van der Waals surface area contributed by atoms with Crippen LogP contribution < -0.4 is 14.5 Å². The van der Waals surface area contributed by atoms with Crippen LogP contribution in [0.2, 0.25) is 5.02 Å². The van der Waals surface area contributed by atoms with Crippen molar-refractivity contribution < 1.29 is 9.47 Å². The summed E-state index contributed by atoms with van der Waals surface area (Å²) < 4.78 is 12.2. The smallest absolute Gasteiger partial charge is 0.318 e. The number of likely N-dealkylation sites (tertiary alicyclic amines) is 2. The highest BCUT2D eigenvalue weighted by Gasteiger charge is 2.45. The van der Waals surface area contributed by atoms with Gasteiger partial charge in [0.2, 0.25) is 0 Å². The largest absolute Gasteiger partial charge is 0.462 e. The second-order valence-corrected chi connectivity index (χ2v) is 11.7. The van der Waals surface area contributed by atoms with E-state index in [1.165, 1.54) is 6.42 Å². The molecule has 6 rings (SSSR count). The van der Waals surface area contributed by atoms with E-state index >= 15 is 0 Å². The molecule has 3 aliphatic heterocycles. The van der Waals surface area contributed by atoms with E-state index in [1.54, 1.807) is 12.0 Å². The van der Waals surface area contributed by atoms with Crippen molar-refractivity contribution in [2.45, 2.75) is 37.5 Å². The molecule has 0 amide bonds. The molecule has 210 valence electrons. The maximum atomic E-state index is 9.28. The van der Waals surface area contributed by atoms with Gasteiger partial charge in [-0.1, -0.05) is 35.9 Å². The predicted octanol–water partition coefficient (Wildman–Crippen LogP) is 3.94. The molecular weight excluding hydrogens is 526 g/mol. The van der Waals surface area contributed by atoms with E-state index in [-0.39, 0.29) is 0 Å². The molecule has 2 aromatic carbocycles. The monoisotopic (exact) mass is 561 g/mol. The highest BCUT2D eigenvalue weighted by molar-refractivity contribution is 6.36. The fourth-order valence-corrected chi connectivity index (χ4v) is 6.67. The van der Waals surface area contributed by atoms with Crippen LogP contribution in [0.25, 0.3) is 10.8 Å². The second-order valence-electron chi connectivity index (χ2n) is 11.3. The Balaban J connectivity index is 1.32. The van der Waals surface area contributed by atoms with Crippen LogP contribution in [-0.2, 0) is 17.7 Å². The third kappa shape index (κ3) is 5.00. The molecule has 3 aromatic rings. The van der Waals surface area contributed by atoms with Crippen molar-refractivity contribution in [3.05, 3.63) is 52.7 Å². The van der Waals surface area contributed by atoms with Crippen LogP contribution in [0.1, 0.15) is 24.1 Å². The number of aromatic nitrogens is 2. The van der Waals surface area contributed by atoms with Gasteiger partial charge in [0, 0.05) is 43.4 Å². The Bertz CT molecular complexity index is 1430. The molecule has 0 N–H and O–H groups in total. The van der Waals surface area contributed by atoms with Crippen LogP contribution in [0.5, 0.6) is 6.01 Å². The Morgan fingerprint density at radius 1 is 1.18 bits per heavy atom. The van der Waals surface area contributed by atoms with Crippen LogP contribution in [0.15, 0.2) is 36.4 Å². The number of fused-ring (bicyclic) bond motifs is 2. The normalized spacial score (nSPS) is 20.2. The third-order valence-electron chi connectivity index (χ3n) is 8.69. The number of halogens is 1. The third-order valence-corrected chi connectivity index (χ3v) is 9.01. The molecule has 1 aromatic heterocycles. The first-order chi connectivity index (χ1) is 19.4. The van der Waals surface area contributed by atoms with E-state index in [4.69, 9.17) is 31.0 Å². The Morgan fingerprint density at radius 2 is 1.98 bits per heavy atom. The van der Waals surface area contributed by atoms with Crippen molar-refractivity contribution in [1.82, 2.24) is 19.8 Å². The first-order valence-electron chi connectivity index (χ1n) is 14.0. The Labute approximate surface area is 240 Å². The Hall–Kier alpha value is -3.32. The average Bonchev–Trinajstić information content (AvgIpc) is 3.37. The van der Waals surface area contributed by atoms with Crippen LogP contribution in [0, 0.1) is 11.5 Å². The Kier molecular flexibility index (Phi) is 7.34. The SMILES string of the molecule is COC1(CN(C)c2nc(OC[C@@H]3CCCN3C)nc3c2CCN(c2cccc4cccc(Cl)c24)C3)CN(C#N)C1. The van der Waals surface area contributed by atoms with Gasteiger partial charge in [-0.25, -0.2) is 0 Å². The molecule has 0 bridgehead atoms. The van der Waals surface area contributed by atoms with E-state index in [2.05, 4.69) is 52.2 Å². The summed E-state index contributed by atoms with van der Waals surface area (Å²) in [6.07, 6.45) is 5.32. The lowest BCUT2D eigenvalue weighted by atomic mass is 9.93. The van der Waals surface area contributed by atoms with Crippen molar-refractivity contribution in [3.8, 4) is 12.2 Å². The molecule has 3 aliphatic rings. The summed E-state index contributed by atoms with van der Waals surface area (Å²) in [4.78, 5) is 18.5. The predicted molar refractivity (Wildman–Crippen MR) is 157 cm³/mol. The number of hydrogen-bond donors (Lipinski definition) is 0. The van der Waals surface area contributed by atoms with Crippen LogP contribution in [-0.4, -0.2) is 91.9 Å². The summed E-state index contributed by atoms with van der Waals surface area (Å²) >= 11 is 6.69. The molecule has 10 heteroatoms. The van der Waals surface area contributed by atoms with E-state index < -0.39 is 5.60 Å². The van der Waals surface area contributed by atoms with Crippen molar-refractivity contribution in [2.75, 3.05) is 70.3 Å². The lowest BCUT2D eigenvalue weighted by Crippen LogP contribution is -2.65. The molecule has 2 saturated heterocycles. The molecule has 40 heavy (non-hydrogen) atoms. The first kappa shape index (κ1) is 26.9. The van der Waals surface area contributed by atoms with Gasteiger partial charge < -0.3 is 29.1 Å². The van der Waals surface area contributed by atoms with E-state index in [9.17, 15) is 5.26 Å². The minimum absolute atomic E-state index is 0.374. The van der Waals surface area contributed by atoms with Gasteiger partial charge in [0.1, 0.15) is 18.0 Å². The van der Waals surface area contributed by atoms with E-state index in [0.29, 0.717) is 44.8 Å². The molecule has 0 spiro atoms. The van der Waals surface area contributed by atoms with Gasteiger partial charge in [0.25, 0.3) is 0 Å². The summed E-state index contributed by atoms with van der Waals surface area (Å²) in [5, 5.41) is 12.2. The highest BCUT2D eigenvalue weighted by Crippen LogP contribution is 2.37. The van der Waals surface area contributed by atoms with Gasteiger partial charge in [0.15, 0.2) is 6.19 Å². The maximum Gasteiger partial charge on any atom is 0.318 e. The van der Waals surface area contributed by atoms with E-state index in [0.717, 1.165) is 64.5 Å². The number of anilines is 2. The summed E-state index contributed by atoms with van der Waals surface area (Å²) in [6, 6.07) is 13.2.